The maximum Gasteiger partial charge on any atom is 0.274 e. The third kappa shape index (κ3) is 3.00. The number of benzene rings is 2. The molecular weight excluding hydrogens is 392 g/mol. The van der Waals surface area contributed by atoms with Gasteiger partial charge in [-0.05, 0) is 17.7 Å². The Labute approximate surface area is 180 Å². The summed E-state index contributed by atoms with van der Waals surface area (Å²) in [5.74, 6) is -0.388. The number of aromatic nitrogens is 2. The largest absolute Gasteiger partial charge is 0.394 e. The van der Waals surface area contributed by atoms with Gasteiger partial charge >= 0.3 is 0 Å². The molecule has 0 bridgehead atoms. The molecule has 7 heteroatoms. The summed E-state index contributed by atoms with van der Waals surface area (Å²) in [5.41, 5.74) is 1.36. The Kier molecular flexibility index (Phi) is 4.75. The van der Waals surface area contributed by atoms with Crippen LogP contribution in [0.25, 0.3) is 0 Å². The normalized spacial score (nSPS) is 21.3. The van der Waals surface area contributed by atoms with Crippen LogP contribution < -0.4 is 0 Å². The average Bonchev–Trinajstić information content (AvgIpc) is 2.79. The van der Waals surface area contributed by atoms with E-state index in [-0.39, 0.29) is 36.1 Å². The van der Waals surface area contributed by atoms with Gasteiger partial charge in [-0.3, -0.25) is 14.6 Å². The third-order valence-electron chi connectivity index (χ3n) is 6.36. The first-order valence-electron chi connectivity index (χ1n) is 10.3. The van der Waals surface area contributed by atoms with Crippen molar-refractivity contribution in [3.05, 3.63) is 96.1 Å². The van der Waals surface area contributed by atoms with Crippen LogP contribution in [0.3, 0.4) is 0 Å². The summed E-state index contributed by atoms with van der Waals surface area (Å²) in [6, 6.07) is 18.6. The Morgan fingerprint density at radius 2 is 1.65 bits per heavy atom. The van der Waals surface area contributed by atoms with Gasteiger partial charge in [-0.25, -0.2) is 4.98 Å². The standard InChI is InChI=1S/C24H22N4O3/c29-14-20-21(17-7-3-1-4-8-17)24(28(20)22(30)18-9-5-2-6-10-18)15-27(16-24)23(31)19-13-25-11-12-26-19/h1-13,20-21,29H,14-16H2/t20-,21+/m0/s1. The summed E-state index contributed by atoms with van der Waals surface area (Å²) in [5, 5.41) is 10.2. The number of rotatable bonds is 4. The molecule has 2 atom stereocenters. The van der Waals surface area contributed by atoms with Gasteiger partial charge in [-0.15, -0.1) is 0 Å². The van der Waals surface area contributed by atoms with E-state index in [0.29, 0.717) is 18.7 Å². The second-order valence-electron chi connectivity index (χ2n) is 8.03. The maximum atomic E-state index is 13.4. The van der Waals surface area contributed by atoms with Crippen molar-refractivity contribution < 1.29 is 14.7 Å². The molecule has 2 saturated heterocycles. The highest BCUT2D eigenvalue weighted by atomic mass is 16.3. The fourth-order valence-electron chi connectivity index (χ4n) is 5.04. The van der Waals surface area contributed by atoms with Crippen LogP contribution in [0, 0.1) is 0 Å². The number of carbonyl (C=O) groups excluding carboxylic acids is 2. The first-order chi connectivity index (χ1) is 15.2. The van der Waals surface area contributed by atoms with E-state index in [0.717, 1.165) is 5.56 Å². The predicted octanol–water partition coefficient (Wildman–Crippen LogP) is 1.97. The minimum atomic E-state index is -0.556. The number of aliphatic hydroxyl groups excluding tert-OH is 1. The van der Waals surface area contributed by atoms with Crippen molar-refractivity contribution in [2.45, 2.75) is 17.5 Å². The maximum absolute atomic E-state index is 13.4. The third-order valence-corrected chi connectivity index (χ3v) is 6.36. The van der Waals surface area contributed by atoms with Crippen LogP contribution in [0.15, 0.2) is 79.3 Å². The summed E-state index contributed by atoms with van der Waals surface area (Å²) in [7, 11) is 0. The quantitative estimate of drug-likeness (QED) is 0.705. The lowest BCUT2D eigenvalue weighted by atomic mass is 9.60. The Morgan fingerprint density at radius 1 is 0.968 bits per heavy atom. The van der Waals surface area contributed by atoms with Crippen molar-refractivity contribution in [2.75, 3.05) is 19.7 Å². The smallest absolute Gasteiger partial charge is 0.274 e. The minimum Gasteiger partial charge on any atom is -0.394 e. The molecule has 3 heterocycles. The van der Waals surface area contributed by atoms with Gasteiger partial charge in [0.2, 0.25) is 0 Å². The zero-order valence-electron chi connectivity index (χ0n) is 16.8. The molecule has 31 heavy (non-hydrogen) atoms. The van der Waals surface area contributed by atoms with E-state index in [1.165, 1.54) is 18.6 Å². The summed E-state index contributed by atoms with van der Waals surface area (Å²) in [4.78, 5) is 37.8. The molecule has 2 aromatic carbocycles. The van der Waals surface area contributed by atoms with Crippen molar-refractivity contribution >= 4 is 11.8 Å². The molecule has 2 aliphatic rings. The monoisotopic (exact) mass is 414 g/mol. The molecule has 3 aromatic rings. The van der Waals surface area contributed by atoms with Gasteiger partial charge < -0.3 is 14.9 Å². The highest BCUT2D eigenvalue weighted by molar-refractivity contribution is 5.97. The summed E-state index contributed by atoms with van der Waals surface area (Å²) < 4.78 is 0. The van der Waals surface area contributed by atoms with Gasteiger partial charge in [0, 0.05) is 37.0 Å². The molecule has 0 unspecified atom stereocenters. The molecule has 7 nitrogen and oxygen atoms in total. The zero-order chi connectivity index (χ0) is 21.4. The van der Waals surface area contributed by atoms with Crippen LogP contribution in [0.5, 0.6) is 0 Å². The minimum absolute atomic E-state index is 0.0581. The zero-order valence-corrected chi connectivity index (χ0v) is 16.8. The average molecular weight is 414 g/mol. The lowest BCUT2D eigenvalue weighted by molar-refractivity contribution is -0.152. The molecule has 1 aromatic heterocycles. The van der Waals surface area contributed by atoms with Crippen molar-refractivity contribution in [3.8, 4) is 0 Å². The van der Waals surface area contributed by atoms with Crippen LogP contribution in [0.1, 0.15) is 32.3 Å². The second-order valence-corrected chi connectivity index (χ2v) is 8.03. The summed E-state index contributed by atoms with van der Waals surface area (Å²) in [6.07, 6.45) is 4.47. The summed E-state index contributed by atoms with van der Waals surface area (Å²) in [6.45, 7) is 0.631. The van der Waals surface area contributed by atoms with Crippen molar-refractivity contribution in [1.29, 1.82) is 0 Å². The topological polar surface area (TPSA) is 86.6 Å². The number of carbonyl (C=O) groups is 2. The molecule has 156 valence electrons. The van der Waals surface area contributed by atoms with Gasteiger partial charge in [0.1, 0.15) is 5.69 Å². The lowest BCUT2D eigenvalue weighted by Gasteiger charge is -2.70. The molecule has 1 N–H and O–H groups in total. The molecule has 2 fully saturated rings. The SMILES string of the molecule is O=C(c1cnccn1)N1CC2(C1)[C@H](c1ccccc1)[C@H](CO)N2C(=O)c1ccccc1. The Hall–Kier alpha value is -3.58. The first-order valence-corrected chi connectivity index (χ1v) is 10.3. The van der Waals surface area contributed by atoms with E-state index in [1.54, 1.807) is 21.9 Å². The highest BCUT2D eigenvalue weighted by Gasteiger charge is 2.68. The summed E-state index contributed by atoms with van der Waals surface area (Å²) >= 11 is 0. The van der Waals surface area contributed by atoms with E-state index in [2.05, 4.69) is 9.97 Å². The van der Waals surface area contributed by atoms with E-state index in [4.69, 9.17) is 0 Å². The Bertz CT molecular complexity index is 1090. The van der Waals surface area contributed by atoms with Gasteiger partial charge in [0.15, 0.2) is 0 Å². The first kappa shape index (κ1) is 19.4. The fourth-order valence-corrected chi connectivity index (χ4v) is 5.04. The van der Waals surface area contributed by atoms with Gasteiger partial charge in [-0.2, -0.15) is 0 Å². The molecule has 5 rings (SSSR count). The number of likely N-dealkylation sites (tertiary alicyclic amines) is 2. The number of hydrogen-bond donors (Lipinski definition) is 1. The van der Waals surface area contributed by atoms with Crippen molar-refractivity contribution in [2.24, 2.45) is 0 Å². The molecule has 1 spiro atoms. The number of hydrogen-bond acceptors (Lipinski definition) is 5. The van der Waals surface area contributed by atoms with E-state index in [9.17, 15) is 14.7 Å². The second kappa shape index (κ2) is 7.59. The van der Waals surface area contributed by atoms with Gasteiger partial charge in [-0.1, -0.05) is 48.5 Å². The molecule has 0 aliphatic carbocycles. The molecule has 2 amide bonds. The fraction of sp³-hybridized carbons (Fsp3) is 0.250. The predicted molar refractivity (Wildman–Crippen MR) is 113 cm³/mol. The molecular formula is C24H22N4O3. The number of amides is 2. The van der Waals surface area contributed by atoms with Crippen LogP contribution in [-0.2, 0) is 0 Å². The molecule has 0 saturated carbocycles. The van der Waals surface area contributed by atoms with Crippen molar-refractivity contribution in [1.82, 2.24) is 19.8 Å². The van der Waals surface area contributed by atoms with Crippen LogP contribution in [-0.4, -0.2) is 68.0 Å². The molecule has 2 aliphatic heterocycles. The van der Waals surface area contributed by atoms with E-state index in [1.807, 2.05) is 48.5 Å². The highest BCUT2D eigenvalue weighted by Crippen LogP contribution is 2.54. The van der Waals surface area contributed by atoms with Crippen LogP contribution >= 0.6 is 0 Å². The van der Waals surface area contributed by atoms with Gasteiger partial charge in [0.05, 0.1) is 24.4 Å². The number of nitrogens with zero attached hydrogens (tertiary/aromatic N) is 4. The van der Waals surface area contributed by atoms with Crippen LogP contribution in [0.4, 0.5) is 0 Å². The van der Waals surface area contributed by atoms with Crippen molar-refractivity contribution in [3.63, 3.8) is 0 Å². The molecule has 0 radical (unpaired) electrons. The Balaban J connectivity index is 1.48. The Morgan fingerprint density at radius 3 is 2.26 bits per heavy atom. The number of aliphatic hydroxyl groups is 1. The van der Waals surface area contributed by atoms with E-state index >= 15 is 0 Å². The lowest BCUT2D eigenvalue weighted by Crippen LogP contribution is -2.86. The van der Waals surface area contributed by atoms with Gasteiger partial charge in [0.25, 0.3) is 11.8 Å². The van der Waals surface area contributed by atoms with Crippen LogP contribution in [0.2, 0.25) is 0 Å². The van der Waals surface area contributed by atoms with E-state index < -0.39 is 5.54 Å².